The smallest absolute Gasteiger partial charge is 0.346 e. The highest BCUT2D eigenvalue weighted by atomic mass is 16.6. The van der Waals surface area contributed by atoms with E-state index in [0.29, 0.717) is 38.9 Å². The lowest BCUT2D eigenvalue weighted by Gasteiger charge is -2.14. The molecule has 2 aromatic carbocycles. The molecule has 5 rings (SSSR count). The van der Waals surface area contributed by atoms with E-state index in [0.717, 1.165) is 71.5 Å². The minimum Gasteiger partial charge on any atom is -0.386 e. The van der Waals surface area contributed by atoms with Crippen LogP contribution in [0.5, 0.6) is 0 Å². The number of aliphatic imine (C=N–C) groups is 3. The molecule has 1 aromatic heterocycles. The standard InChI is InChI=1S/C24H36N6O6.C17H6O7.C2H6.2CH5N.CH4/c31-19-25-13-7-1-4-10-16-28-22(34)29(17-11-5-2-8-14-26-20-32)24(36)30(23(28)35)18-12-6-3-9-15-27-21-33;18-13(7-1-3-9-11(5-7)16(21)23-14(9)19)8-2-4-10-12(6-8)17(22)24-15(10)20;3*1-2;/h1-18H2;1-6H;1-2H3;2*2H2,1H3;1H4. The maximum Gasteiger partial charge on any atom is 0.346 e. The highest BCUT2D eigenvalue weighted by Crippen LogP contribution is 2.25. The maximum absolute atomic E-state index is 13.0. The lowest BCUT2D eigenvalue weighted by Crippen LogP contribution is -2.54. The van der Waals surface area contributed by atoms with Crippen LogP contribution in [0, 0.1) is 0 Å². The van der Waals surface area contributed by atoms with Crippen LogP contribution in [0.4, 0.5) is 0 Å². The zero-order valence-electron chi connectivity index (χ0n) is 37.8. The molecule has 67 heavy (non-hydrogen) atoms. The average Bonchev–Trinajstić information content (AvgIpc) is 3.80. The van der Waals surface area contributed by atoms with Crippen LogP contribution >= 0.6 is 0 Å². The highest BCUT2D eigenvalue weighted by molar-refractivity contribution is 6.19. The van der Waals surface area contributed by atoms with Crippen molar-refractivity contribution in [2.75, 3.05) is 33.7 Å². The van der Waals surface area contributed by atoms with Gasteiger partial charge < -0.3 is 20.9 Å². The summed E-state index contributed by atoms with van der Waals surface area (Å²) in [6.45, 7) is 5.85. The Bertz CT molecular complexity index is 2210. The predicted molar refractivity (Wildman–Crippen MR) is 248 cm³/mol. The van der Waals surface area contributed by atoms with Gasteiger partial charge in [0, 0.05) is 30.8 Å². The molecule has 364 valence electrons. The summed E-state index contributed by atoms with van der Waals surface area (Å²) in [5.41, 5.74) is 7.75. The van der Waals surface area contributed by atoms with E-state index in [1.165, 1.54) is 68.7 Å². The van der Waals surface area contributed by atoms with Crippen LogP contribution in [0.2, 0.25) is 0 Å². The molecule has 2 aliphatic heterocycles. The fraction of sp³-hybridized carbons (Fsp3) is 0.500. The van der Waals surface area contributed by atoms with Crippen LogP contribution in [0.3, 0.4) is 0 Å². The first-order valence-electron chi connectivity index (χ1n) is 21.6. The normalized spacial score (nSPS) is 11.2. The lowest BCUT2D eigenvalue weighted by atomic mass is 9.96. The van der Waals surface area contributed by atoms with Crippen molar-refractivity contribution < 1.29 is 47.8 Å². The van der Waals surface area contributed by atoms with Crippen molar-refractivity contribution in [3.63, 3.8) is 0 Å². The Morgan fingerprint density at radius 3 is 1.01 bits per heavy atom. The van der Waals surface area contributed by atoms with Gasteiger partial charge in [-0.2, -0.15) is 0 Å². The molecule has 21 nitrogen and oxygen atoms in total. The number of aromatic nitrogens is 3. The molecular formula is C46H62N8O13. The van der Waals surface area contributed by atoms with Crippen molar-refractivity contribution in [2.45, 2.75) is 118 Å². The predicted octanol–water partition coefficient (Wildman–Crippen LogP) is 4.21. The molecule has 0 fully saturated rings. The number of nitrogens with two attached hydrogens (primary N) is 2. The molecule has 0 unspecified atom stereocenters. The second-order valence-electron chi connectivity index (χ2n) is 13.7. The fourth-order valence-corrected chi connectivity index (χ4v) is 6.46. The Hall–Kier alpha value is -7.14. The van der Waals surface area contributed by atoms with E-state index >= 15 is 0 Å². The van der Waals surface area contributed by atoms with Gasteiger partial charge in [-0.25, -0.2) is 76.6 Å². The van der Waals surface area contributed by atoms with Crippen molar-refractivity contribution in [1.82, 2.24) is 13.7 Å². The number of fused-ring (bicyclic) bond motifs is 2. The van der Waals surface area contributed by atoms with Crippen LogP contribution < -0.4 is 28.5 Å². The van der Waals surface area contributed by atoms with E-state index in [-0.39, 0.29) is 60.4 Å². The molecule has 2 aliphatic rings. The molecule has 0 aliphatic carbocycles. The lowest BCUT2D eigenvalue weighted by molar-refractivity contribution is 0.0425. The van der Waals surface area contributed by atoms with Crippen molar-refractivity contribution in [1.29, 1.82) is 0 Å². The SMILES string of the molecule is C.CC.CN.CN.O=C(c1ccc2c(c1)C(=O)OC2=O)c1ccc2c(c1)C(=O)OC2=O.O=C=NCCCCCCn1c(=O)n(CCCCCCN=C=O)c(=O)n(CCCCCCN=C=O)c1=O. The summed E-state index contributed by atoms with van der Waals surface area (Å²) in [6, 6.07) is 7.97. The van der Waals surface area contributed by atoms with E-state index in [9.17, 15) is 52.7 Å². The summed E-state index contributed by atoms with van der Waals surface area (Å²) in [7, 11) is 3.00. The third-order valence-corrected chi connectivity index (χ3v) is 9.60. The molecule has 0 atom stereocenters. The number of carbonyl (C=O) groups excluding carboxylic acids is 8. The van der Waals surface area contributed by atoms with Crippen LogP contribution in [0.1, 0.15) is 156 Å². The first kappa shape index (κ1) is 59.9. The zero-order valence-corrected chi connectivity index (χ0v) is 37.8. The minimum atomic E-state index is -0.812. The monoisotopic (exact) mass is 934 g/mol. The first-order valence-corrected chi connectivity index (χ1v) is 21.6. The van der Waals surface area contributed by atoms with Gasteiger partial charge >= 0.3 is 40.9 Å². The van der Waals surface area contributed by atoms with Gasteiger partial charge in [-0.1, -0.05) is 71.9 Å². The number of carbonyl (C=O) groups is 5. The Balaban J connectivity index is 0.00000121. The minimum absolute atomic E-state index is 0. The molecule has 21 heteroatoms. The number of ether oxygens (including phenoxy) is 2. The summed E-state index contributed by atoms with van der Waals surface area (Å²) >= 11 is 0. The van der Waals surface area contributed by atoms with Crippen molar-refractivity contribution in [3.05, 3.63) is 101 Å². The summed E-state index contributed by atoms with van der Waals surface area (Å²) in [4.78, 5) is 138. The molecule has 4 N–H and O–H groups in total. The zero-order chi connectivity index (χ0) is 49.4. The van der Waals surface area contributed by atoms with Gasteiger partial charge in [0.15, 0.2) is 5.78 Å². The topological polar surface area (TPSA) is 310 Å². The van der Waals surface area contributed by atoms with Gasteiger partial charge in [-0.05, 0) is 76.9 Å². The van der Waals surface area contributed by atoms with E-state index in [1.54, 1.807) is 0 Å². The summed E-state index contributed by atoms with van der Waals surface area (Å²) < 4.78 is 12.4. The molecule has 0 amide bonds. The highest BCUT2D eigenvalue weighted by Gasteiger charge is 2.32. The third-order valence-electron chi connectivity index (χ3n) is 9.60. The molecule has 0 spiro atoms. The van der Waals surface area contributed by atoms with Gasteiger partial charge in [-0.3, -0.25) is 4.79 Å². The quantitative estimate of drug-likeness (QED) is 0.0336. The second-order valence-corrected chi connectivity index (χ2v) is 13.7. The molecule has 0 radical (unpaired) electrons. The van der Waals surface area contributed by atoms with Gasteiger partial charge in [0.2, 0.25) is 18.2 Å². The largest absolute Gasteiger partial charge is 0.386 e. The molecule has 3 heterocycles. The fourth-order valence-electron chi connectivity index (χ4n) is 6.46. The Labute approximate surface area is 388 Å². The number of ketones is 1. The van der Waals surface area contributed by atoms with Crippen LogP contribution in [-0.2, 0) is 43.5 Å². The van der Waals surface area contributed by atoms with Gasteiger partial charge in [0.05, 0.1) is 41.9 Å². The summed E-state index contributed by atoms with van der Waals surface area (Å²) in [5.74, 6) is -3.61. The van der Waals surface area contributed by atoms with E-state index in [1.807, 2.05) is 13.8 Å². The van der Waals surface area contributed by atoms with Crippen LogP contribution in [0.25, 0.3) is 0 Å². The number of unbranched alkanes of at least 4 members (excludes halogenated alkanes) is 9. The molecule has 0 bridgehead atoms. The number of hydrogen-bond acceptors (Lipinski definition) is 18. The van der Waals surface area contributed by atoms with Crippen LogP contribution in [0.15, 0.2) is 65.8 Å². The number of hydrogen-bond donors (Lipinski definition) is 2. The second kappa shape index (κ2) is 34.2. The molecule has 0 saturated carbocycles. The Morgan fingerprint density at radius 2 is 0.731 bits per heavy atom. The number of rotatable bonds is 23. The van der Waals surface area contributed by atoms with Crippen LogP contribution in [-0.4, -0.2) is 95.3 Å². The van der Waals surface area contributed by atoms with Gasteiger partial charge in [-0.15, -0.1) is 0 Å². The number of esters is 4. The van der Waals surface area contributed by atoms with Crippen molar-refractivity contribution in [3.8, 4) is 0 Å². The Kier molecular flexibility index (Phi) is 30.6. The summed E-state index contributed by atoms with van der Waals surface area (Å²) in [5, 5.41) is 0. The third kappa shape index (κ3) is 18.3. The molecule has 0 saturated heterocycles. The summed E-state index contributed by atoms with van der Waals surface area (Å²) in [6.07, 6.45) is 13.1. The molecular weight excluding hydrogens is 873 g/mol. The molecule has 3 aromatic rings. The van der Waals surface area contributed by atoms with E-state index in [4.69, 9.17) is 0 Å². The maximum atomic E-state index is 13.0. The van der Waals surface area contributed by atoms with Gasteiger partial charge in [0.25, 0.3) is 0 Å². The van der Waals surface area contributed by atoms with Crippen molar-refractivity contribution >= 4 is 47.9 Å². The van der Waals surface area contributed by atoms with Gasteiger partial charge in [0.1, 0.15) is 0 Å². The first-order chi connectivity index (χ1) is 32.0. The number of cyclic esters (lactones) is 4. The number of benzene rings is 2. The van der Waals surface area contributed by atoms with E-state index < -0.39 is 46.7 Å². The number of isocyanates is 3. The van der Waals surface area contributed by atoms with E-state index in [2.05, 4.69) is 35.9 Å². The number of nitrogens with zero attached hydrogens (tertiary/aromatic N) is 6. The van der Waals surface area contributed by atoms with Crippen molar-refractivity contribution in [2.24, 2.45) is 26.4 Å². The Morgan fingerprint density at radius 1 is 0.463 bits per heavy atom. The average molecular weight is 935 g/mol.